The SMILES string of the molecule is CCC1CCC(C#N)(C(O)c2ccc(OC)c(F)c2)CC1. The molecule has 3 nitrogen and oxygen atoms in total. The first-order valence-corrected chi connectivity index (χ1v) is 7.49. The number of halogens is 1. The average molecular weight is 291 g/mol. The smallest absolute Gasteiger partial charge is 0.165 e. The molecule has 21 heavy (non-hydrogen) atoms. The summed E-state index contributed by atoms with van der Waals surface area (Å²) in [6.07, 6.45) is 3.36. The van der Waals surface area contributed by atoms with Gasteiger partial charge in [-0.3, -0.25) is 0 Å². The van der Waals surface area contributed by atoms with Gasteiger partial charge in [0.1, 0.15) is 0 Å². The fourth-order valence-electron chi connectivity index (χ4n) is 3.22. The molecular weight excluding hydrogens is 269 g/mol. The van der Waals surface area contributed by atoms with Crippen LogP contribution in [0.4, 0.5) is 4.39 Å². The van der Waals surface area contributed by atoms with E-state index in [-0.39, 0.29) is 5.75 Å². The molecule has 2 rings (SSSR count). The average Bonchev–Trinajstić information content (AvgIpc) is 2.54. The number of hydrogen-bond donors (Lipinski definition) is 1. The van der Waals surface area contributed by atoms with Crippen LogP contribution < -0.4 is 4.74 Å². The number of aliphatic hydroxyl groups excluding tert-OH is 1. The molecule has 1 aromatic rings. The van der Waals surface area contributed by atoms with Crippen molar-refractivity contribution in [3.8, 4) is 11.8 Å². The highest BCUT2D eigenvalue weighted by molar-refractivity contribution is 5.32. The number of rotatable bonds is 4. The van der Waals surface area contributed by atoms with Gasteiger partial charge in [-0.15, -0.1) is 0 Å². The molecule has 0 saturated heterocycles. The molecule has 1 fully saturated rings. The van der Waals surface area contributed by atoms with Gasteiger partial charge in [-0.2, -0.15) is 5.26 Å². The van der Waals surface area contributed by atoms with E-state index in [1.165, 1.54) is 19.2 Å². The fourth-order valence-corrected chi connectivity index (χ4v) is 3.22. The molecule has 0 amide bonds. The van der Waals surface area contributed by atoms with Crippen LogP contribution in [0.15, 0.2) is 18.2 Å². The molecule has 0 aliphatic heterocycles. The van der Waals surface area contributed by atoms with Crippen LogP contribution in [0.5, 0.6) is 5.75 Å². The highest BCUT2D eigenvalue weighted by Crippen LogP contribution is 2.48. The van der Waals surface area contributed by atoms with E-state index in [0.717, 1.165) is 19.3 Å². The Morgan fingerprint density at radius 1 is 1.48 bits per heavy atom. The molecule has 4 heteroatoms. The van der Waals surface area contributed by atoms with Crippen molar-refractivity contribution < 1.29 is 14.2 Å². The second-order valence-electron chi connectivity index (χ2n) is 5.92. The van der Waals surface area contributed by atoms with Crippen molar-refractivity contribution in [2.45, 2.75) is 45.1 Å². The van der Waals surface area contributed by atoms with Gasteiger partial charge in [0.2, 0.25) is 0 Å². The number of aliphatic hydroxyl groups is 1. The Hall–Kier alpha value is -1.60. The predicted molar refractivity (Wildman–Crippen MR) is 78.2 cm³/mol. The van der Waals surface area contributed by atoms with Gasteiger partial charge in [0, 0.05) is 0 Å². The maximum atomic E-state index is 13.8. The van der Waals surface area contributed by atoms with Crippen LogP contribution in [0, 0.1) is 28.5 Å². The second kappa shape index (κ2) is 6.44. The third-order valence-electron chi connectivity index (χ3n) is 4.81. The Bertz CT molecular complexity index is 530. The van der Waals surface area contributed by atoms with Gasteiger partial charge in [0.15, 0.2) is 11.6 Å². The second-order valence-corrected chi connectivity index (χ2v) is 5.92. The zero-order valence-corrected chi connectivity index (χ0v) is 12.6. The minimum atomic E-state index is -0.958. The molecule has 1 N–H and O–H groups in total. The number of nitrogens with zero attached hydrogens (tertiary/aromatic N) is 1. The molecule has 0 heterocycles. The lowest BCUT2D eigenvalue weighted by atomic mass is 9.66. The lowest BCUT2D eigenvalue weighted by Gasteiger charge is -2.38. The summed E-state index contributed by atoms with van der Waals surface area (Å²) >= 11 is 0. The first-order valence-electron chi connectivity index (χ1n) is 7.49. The van der Waals surface area contributed by atoms with Crippen molar-refractivity contribution in [2.24, 2.45) is 11.3 Å². The molecule has 0 spiro atoms. The monoisotopic (exact) mass is 291 g/mol. The van der Waals surface area contributed by atoms with E-state index in [1.54, 1.807) is 6.07 Å². The lowest BCUT2D eigenvalue weighted by Crippen LogP contribution is -2.32. The Balaban J connectivity index is 2.23. The van der Waals surface area contributed by atoms with Crippen molar-refractivity contribution in [3.05, 3.63) is 29.6 Å². The molecule has 1 saturated carbocycles. The molecule has 0 bridgehead atoms. The first kappa shape index (κ1) is 15.8. The van der Waals surface area contributed by atoms with Crippen molar-refractivity contribution in [1.82, 2.24) is 0 Å². The highest BCUT2D eigenvalue weighted by Gasteiger charge is 2.42. The molecule has 1 aromatic carbocycles. The van der Waals surface area contributed by atoms with Gasteiger partial charge in [-0.1, -0.05) is 19.4 Å². The summed E-state index contributed by atoms with van der Waals surface area (Å²) in [7, 11) is 1.40. The van der Waals surface area contributed by atoms with Crippen LogP contribution in [0.1, 0.15) is 50.7 Å². The topological polar surface area (TPSA) is 53.2 Å². The number of nitriles is 1. The van der Waals surface area contributed by atoms with E-state index in [4.69, 9.17) is 4.74 Å². The zero-order valence-electron chi connectivity index (χ0n) is 12.6. The Labute approximate surface area is 125 Å². The van der Waals surface area contributed by atoms with Gasteiger partial charge in [-0.05, 0) is 49.3 Å². The van der Waals surface area contributed by atoms with Crippen LogP contribution in [0.3, 0.4) is 0 Å². The van der Waals surface area contributed by atoms with Crippen molar-refractivity contribution >= 4 is 0 Å². The lowest BCUT2D eigenvalue weighted by molar-refractivity contribution is 0.0240. The first-order chi connectivity index (χ1) is 10.1. The maximum Gasteiger partial charge on any atom is 0.165 e. The van der Waals surface area contributed by atoms with E-state index in [2.05, 4.69) is 13.0 Å². The summed E-state index contributed by atoms with van der Waals surface area (Å²) < 4.78 is 18.7. The summed E-state index contributed by atoms with van der Waals surface area (Å²) in [5, 5.41) is 20.2. The number of hydrogen-bond acceptors (Lipinski definition) is 3. The molecule has 0 aromatic heterocycles. The van der Waals surface area contributed by atoms with Crippen molar-refractivity contribution in [3.63, 3.8) is 0 Å². The Kier molecular flexibility index (Phi) is 4.84. The largest absolute Gasteiger partial charge is 0.494 e. The van der Waals surface area contributed by atoms with Crippen LogP contribution in [-0.2, 0) is 0 Å². The molecular formula is C17H22FNO2. The van der Waals surface area contributed by atoms with Gasteiger partial charge in [0.05, 0.1) is 24.7 Å². The quantitative estimate of drug-likeness (QED) is 0.913. The van der Waals surface area contributed by atoms with Crippen molar-refractivity contribution in [1.29, 1.82) is 5.26 Å². The summed E-state index contributed by atoms with van der Waals surface area (Å²) in [6, 6.07) is 6.71. The third kappa shape index (κ3) is 3.03. The predicted octanol–water partition coefficient (Wildman–Crippen LogP) is 3.98. The van der Waals surface area contributed by atoms with Gasteiger partial charge < -0.3 is 9.84 Å². The van der Waals surface area contributed by atoms with Gasteiger partial charge in [0.25, 0.3) is 0 Å². The third-order valence-corrected chi connectivity index (χ3v) is 4.81. The molecule has 1 atom stereocenters. The number of ether oxygens (including phenoxy) is 1. The molecule has 0 radical (unpaired) electrons. The van der Waals surface area contributed by atoms with E-state index in [9.17, 15) is 14.8 Å². The molecule has 1 aliphatic carbocycles. The number of benzene rings is 1. The van der Waals surface area contributed by atoms with Crippen LogP contribution in [-0.4, -0.2) is 12.2 Å². The van der Waals surface area contributed by atoms with Crippen LogP contribution in [0.2, 0.25) is 0 Å². The normalized spacial score (nSPS) is 26.9. The summed E-state index contributed by atoms with van der Waals surface area (Å²) in [5.41, 5.74) is -0.350. The summed E-state index contributed by atoms with van der Waals surface area (Å²) in [5.74, 6) is 0.266. The van der Waals surface area contributed by atoms with Crippen molar-refractivity contribution in [2.75, 3.05) is 7.11 Å². The van der Waals surface area contributed by atoms with E-state index >= 15 is 0 Å². The van der Waals surface area contributed by atoms with E-state index < -0.39 is 17.3 Å². The highest BCUT2D eigenvalue weighted by atomic mass is 19.1. The maximum absolute atomic E-state index is 13.8. The fraction of sp³-hybridized carbons (Fsp3) is 0.588. The molecule has 1 aliphatic rings. The van der Waals surface area contributed by atoms with Crippen LogP contribution >= 0.6 is 0 Å². The Morgan fingerprint density at radius 2 is 2.14 bits per heavy atom. The minimum Gasteiger partial charge on any atom is -0.494 e. The van der Waals surface area contributed by atoms with Gasteiger partial charge >= 0.3 is 0 Å². The van der Waals surface area contributed by atoms with E-state index in [1.807, 2.05) is 0 Å². The van der Waals surface area contributed by atoms with E-state index in [0.29, 0.717) is 24.3 Å². The zero-order chi connectivity index (χ0) is 15.5. The summed E-state index contributed by atoms with van der Waals surface area (Å²) in [6.45, 7) is 2.15. The summed E-state index contributed by atoms with van der Waals surface area (Å²) in [4.78, 5) is 0. The minimum absolute atomic E-state index is 0.145. The Morgan fingerprint density at radius 3 is 2.62 bits per heavy atom. The molecule has 1 unspecified atom stereocenters. The van der Waals surface area contributed by atoms with Gasteiger partial charge in [-0.25, -0.2) is 4.39 Å². The van der Waals surface area contributed by atoms with Crippen LogP contribution in [0.25, 0.3) is 0 Å². The standard InChI is InChI=1S/C17H22FNO2/c1-3-12-6-8-17(11-19,9-7-12)16(20)13-4-5-15(21-2)14(18)10-13/h4-5,10,12,16,20H,3,6-9H2,1-2H3. The molecule has 114 valence electrons. The number of methoxy groups -OCH3 is 1.